The molecule has 1 atom stereocenters. The van der Waals surface area contributed by atoms with Crippen LogP contribution in [-0.2, 0) is 4.79 Å². The van der Waals surface area contributed by atoms with Crippen molar-refractivity contribution in [1.29, 1.82) is 0 Å². The summed E-state index contributed by atoms with van der Waals surface area (Å²) < 4.78 is 20.6. The molecule has 1 aromatic heterocycles. The van der Waals surface area contributed by atoms with Crippen molar-refractivity contribution in [2.75, 3.05) is 12.4 Å². The second-order valence-corrected chi connectivity index (χ2v) is 5.91. The maximum absolute atomic E-state index is 13.6. The predicted molar refractivity (Wildman–Crippen MR) is 91.6 cm³/mol. The van der Waals surface area contributed by atoms with E-state index in [9.17, 15) is 9.18 Å². The standard InChI is InChI=1S/C19H16FN3O2/c1-25-15-7-5-14(6-8-15)23-11-21-18-16(10-17(24)22-19(18)23)12-3-2-4-13(20)9-12/h2-9,11,16H,10H2,1H3,(H,22,24). The van der Waals surface area contributed by atoms with Gasteiger partial charge in [0, 0.05) is 18.0 Å². The topological polar surface area (TPSA) is 56.1 Å². The molecule has 1 unspecified atom stereocenters. The van der Waals surface area contributed by atoms with Crippen molar-refractivity contribution in [2.45, 2.75) is 12.3 Å². The van der Waals surface area contributed by atoms with Crippen molar-refractivity contribution in [2.24, 2.45) is 0 Å². The highest BCUT2D eigenvalue weighted by molar-refractivity contribution is 5.94. The third-order valence-electron chi connectivity index (χ3n) is 4.37. The largest absolute Gasteiger partial charge is 0.497 e. The van der Waals surface area contributed by atoms with Crippen LogP contribution in [0, 0.1) is 5.82 Å². The lowest BCUT2D eigenvalue weighted by Gasteiger charge is -2.23. The summed E-state index contributed by atoms with van der Waals surface area (Å²) in [5.74, 6) is 0.672. The molecule has 5 nitrogen and oxygen atoms in total. The van der Waals surface area contributed by atoms with Gasteiger partial charge >= 0.3 is 0 Å². The molecule has 1 amide bonds. The molecule has 126 valence electrons. The zero-order valence-electron chi connectivity index (χ0n) is 13.6. The van der Waals surface area contributed by atoms with E-state index in [0.29, 0.717) is 5.82 Å². The quantitative estimate of drug-likeness (QED) is 0.796. The number of carbonyl (C=O) groups is 1. The van der Waals surface area contributed by atoms with E-state index in [-0.39, 0.29) is 24.1 Å². The van der Waals surface area contributed by atoms with E-state index < -0.39 is 0 Å². The number of benzene rings is 2. The second kappa shape index (κ2) is 6.05. The molecule has 0 saturated heterocycles. The fourth-order valence-electron chi connectivity index (χ4n) is 3.14. The first kappa shape index (κ1) is 15.4. The van der Waals surface area contributed by atoms with Gasteiger partial charge in [0.25, 0.3) is 0 Å². The van der Waals surface area contributed by atoms with E-state index in [1.165, 1.54) is 12.1 Å². The van der Waals surface area contributed by atoms with Gasteiger partial charge < -0.3 is 10.1 Å². The Morgan fingerprint density at radius 2 is 2.04 bits per heavy atom. The number of hydrogen-bond donors (Lipinski definition) is 1. The molecule has 0 fully saturated rings. The summed E-state index contributed by atoms with van der Waals surface area (Å²) in [6.45, 7) is 0. The Morgan fingerprint density at radius 3 is 2.76 bits per heavy atom. The molecule has 1 aliphatic heterocycles. The summed E-state index contributed by atoms with van der Waals surface area (Å²) in [7, 11) is 1.61. The van der Waals surface area contributed by atoms with E-state index in [2.05, 4.69) is 10.3 Å². The molecule has 0 saturated carbocycles. The summed E-state index contributed by atoms with van der Waals surface area (Å²) in [5.41, 5.74) is 2.34. The lowest BCUT2D eigenvalue weighted by Crippen LogP contribution is -2.25. The van der Waals surface area contributed by atoms with E-state index in [1.807, 2.05) is 34.9 Å². The normalized spacial score (nSPS) is 16.2. The number of aromatic nitrogens is 2. The van der Waals surface area contributed by atoms with Crippen LogP contribution in [0.2, 0.25) is 0 Å². The van der Waals surface area contributed by atoms with Gasteiger partial charge in [-0.1, -0.05) is 12.1 Å². The third kappa shape index (κ3) is 2.76. The van der Waals surface area contributed by atoms with Crippen molar-refractivity contribution in [3.05, 3.63) is 71.9 Å². The molecule has 0 bridgehead atoms. The van der Waals surface area contributed by atoms with Crippen molar-refractivity contribution in [3.8, 4) is 11.4 Å². The predicted octanol–water partition coefficient (Wildman–Crippen LogP) is 3.49. The van der Waals surface area contributed by atoms with Gasteiger partial charge in [0.05, 0.1) is 12.8 Å². The molecule has 1 aliphatic rings. The number of nitrogens with zero attached hydrogens (tertiary/aromatic N) is 2. The van der Waals surface area contributed by atoms with Crippen LogP contribution in [0.15, 0.2) is 54.9 Å². The first-order valence-corrected chi connectivity index (χ1v) is 7.92. The molecule has 4 rings (SSSR count). The minimum absolute atomic E-state index is 0.114. The van der Waals surface area contributed by atoms with Crippen LogP contribution in [0.25, 0.3) is 5.69 Å². The molecular formula is C19H16FN3O2. The molecule has 2 aromatic carbocycles. The molecule has 0 aliphatic carbocycles. The number of rotatable bonds is 3. The van der Waals surface area contributed by atoms with Gasteiger partial charge in [0.15, 0.2) is 0 Å². The van der Waals surface area contributed by atoms with Gasteiger partial charge in [0.2, 0.25) is 5.91 Å². The SMILES string of the molecule is COc1ccc(-n2cnc3c2NC(=O)CC3c2cccc(F)c2)cc1. The summed E-state index contributed by atoms with van der Waals surface area (Å²) in [5, 5.41) is 2.89. The van der Waals surface area contributed by atoms with Gasteiger partial charge in [-0.15, -0.1) is 0 Å². The van der Waals surface area contributed by atoms with Crippen LogP contribution in [0.3, 0.4) is 0 Å². The number of nitrogens with one attached hydrogen (secondary N) is 1. The van der Waals surface area contributed by atoms with Gasteiger partial charge in [-0.3, -0.25) is 9.36 Å². The van der Waals surface area contributed by atoms with E-state index in [1.54, 1.807) is 19.5 Å². The van der Waals surface area contributed by atoms with Crippen molar-refractivity contribution in [1.82, 2.24) is 9.55 Å². The van der Waals surface area contributed by atoms with Crippen molar-refractivity contribution >= 4 is 11.7 Å². The Morgan fingerprint density at radius 1 is 1.24 bits per heavy atom. The first-order chi connectivity index (χ1) is 12.2. The molecule has 0 spiro atoms. The molecule has 3 aromatic rings. The van der Waals surface area contributed by atoms with Crippen LogP contribution in [0.1, 0.15) is 23.6 Å². The number of methoxy groups -OCH3 is 1. The molecule has 2 heterocycles. The monoisotopic (exact) mass is 337 g/mol. The molecule has 6 heteroatoms. The molecular weight excluding hydrogens is 321 g/mol. The zero-order chi connectivity index (χ0) is 17.4. The summed E-state index contributed by atoms with van der Waals surface area (Å²) in [6, 6.07) is 13.8. The summed E-state index contributed by atoms with van der Waals surface area (Å²) in [6.07, 6.45) is 1.92. The number of anilines is 1. The number of amides is 1. The Balaban J connectivity index is 1.78. The fourth-order valence-corrected chi connectivity index (χ4v) is 3.14. The zero-order valence-corrected chi connectivity index (χ0v) is 13.6. The van der Waals surface area contributed by atoms with Gasteiger partial charge in [-0.05, 0) is 42.0 Å². The van der Waals surface area contributed by atoms with Crippen LogP contribution in [-0.4, -0.2) is 22.6 Å². The number of imidazole rings is 1. The van der Waals surface area contributed by atoms with Crippen LogP contribution < -0.4 is 10.1 Å². The van der Waals surface area contributed by atoms with E-state index >= 15 is 0 Å². The maximum Gasteiger partial charge on any atom is 0.226 e. The van der Waals surface area contributed by atoms with Crippen LogP contribution >= 0.6 is 0 Å². The Bertz CT molecular complexity index is 934. The first-order valence-electron chi connectivity index (χ1n) is 7.92. The number of hydrogen-bond acceptors (Lipinski definition) is 3. The Hall–Kier alpha value is -3.15. The van der Waals surface area contributed by atoms with Gasteiger partial charge in [-0.25, -0.2) is 9.37 Å². The van der Waals surface area contributed by atoms with Gasteiger partial charge in [0.1, 0.15) is 23.7 Å². The number of ether oxygens (including phenoxy) is 1. The minimum Gasteiger partial charge on any atom is -0.497 e. The van der Waals surface area contributed by atoms with E-state index in [4.69, 9.17) is 4.74 Å². The Kier molecular flexibility index (Phi) is 3.72. The lowest BCUT2D eigenvalue weighted by molar-refractivity contribution is -0.116. The van der Waals surface area contributed by atoms with E-state index in [0.717, 1.165) is 22.7 Å². The number of carbonyl (C=O) groups excluding carboxylic acids is 1. The third-order valence-corrected chi connectivity index (χ3v) is 4.37. The van der Waals surface area contributed by atoms with Crippen LogP contribution in [0.4, 0.5) is 10.2 Å². The second-order valence-electron chi connectivity index (χ2n) is 5.91. The summed E-state index contributed by atoms with van der Waals surface area (Å²) >= 11 is 0. The molecule has 25 heavy (non-hydrogen) atoms. The molecule has 1 N–H and O–H groups in total. The summed E-state index contributed by atoms with van der Waals surface area (Å²) in [4.78, 5) is 16.7. The lowest BCUT2D eigenvalue weighted by atomic mass is 9.90. The Labute approximate surface area is 144 Å². The van der Waals surface area contributed by atoms with Crippen molar-refractivity contribution < 1.29 is 13.9 Å². The van der Waals surface area contributed by atoms with Crippen LogP contribution in [0.5, 0.6) is 5.75 Å². The number of halogens is 1. The minimum atomic E-state index is -0.320. The highest BCUT2D eigenvalue weighted by atomic mass is 19.1. The maximum atomic E-state index is 13.6. The highest BCUT2D eigenvalue weighted by Crippen LogP contribution is 2.37. The average Bonchev–Trinajstić information content (AvgIpc) is 3.04. The average molecular weight is 337 g/mol. The number of fused-ring (bicyclic) bond motifs is 1. The van der Waals surface area contributed by atoms with Crippen molar-refractivity contribution in [3.63, 3.8) is 0 Å². The van der Waals surface area contributed by atoms with Gasteiger partial charge in [-0.2, -0.15) is 0 Å². The smallest absolute Gasteiger partial charge is 0.226 e. The molecule has 0 radical (unpaired) electrons. The highest BCUT2D eigenvalue weighted by Gasteiger charge is 2.31. The fraction of sp³-hybridized carbons (Fsp3) is 0.158.